The molecule has 0 amide bonds. The quantitative estimate of drug-likeness (QED) is 0.137. The van der Waals surface area contributed by atoms with Gasteiger partial charge in [-0.25, -0.2) is 4.99 Å². The lowest BCUT2D eigenvalue weighted by Gasteiger charge is -2.39. The van der Waals surface area contributed by atoms with Crippen molar-refractivity contribution < 1.29 is 39.4 Å². The van der Waals surface area contributed by atoms with E-state index >= 15 is 0 Å². The molecular weight excluding hydrogens is 729 g/mol. The molecule has 6 unspecified atom stereocenters. The minimum Gasteiger partial charge on any atom is -0.504 e. The van der Waals surface area contributed by atoms with Crippen LogP contribution in [-0.4, -0.2) is 88.2 Å². The molecule has 14 heteroatoms. The fourth-order valence-electron chi connectivity index (χ4n) is 7.26. The van der Waals surface area contributed by atoms with Gasteiger partial charge >= 0.3 is 0 Å². The van der Waals surface area contributed by atoms with Crippen LogP contribution >= 0.6 is 21.6 Å². The molecule has 8 N–H and O–H groups in total. The summed E-state index contributed by atoms with van der Waals surface area (Å²) >= 11 is 0. The molecule has 4 heterocycles. The van der Waals surface area contributed by atoms with Crippen molar-refractivity contribution in [2.75, 3.05) is 31.6 Å². The van der Waals surface area contributed by atoms with Gasteiger partial charge in [-0.05, 0) is 48.8 Å². The number of ether oxygens (including phenoxy) is 3. The molecule has 1 aliphatic carbocycles. The Morgan fingerprint density at radius 3 is 2.70 bits per heavy atom. The SMILES string of the molecule is CC(C)C1CSSCC2C(C#CCCNCOc3c4cc(c5c3OC(O)C2C5)CCC(O)CC(=O)CCc2ccc(O)c(OCO)c2C#CC4)NC(N)=N1. The van der Waals surface area contributed by atoms with Crippen LogP contribution in [0.2, 0.25) is 0 Å². The summed E-state index contributed by atoms with van der Waals surface area (Å²) in [5.41, 5.74) is 10.1. The lowest BCUT2D eigenvalue weighted by atomic mass is 9.78. The molecular formula is C40H50N4O8S2. The number of aryl methyl sites for hydroxylation is 2. The van der Waals surface area contributed by atoms with Crippen LogP contribution < -0.4 is 30.6 Å². The third-order valence-corrected chi connectivity index (χ3v) is 12.8. The Morgan fingerprint density at radius 1 is 1.06 bits per heavy atom. The van der Waals surface area contributed by atoms with E-state index in [0.29, 0.717) is 78.9 Å². The van der Waals surface area contributed by atoms with Gasteiger partial charge in [0.15, 0.2) is 35.8 Å². The lowest BCUT2D eigenvalue weighted by Crippen LogP contribution is -2.51. The number of guanidine groups is 1. The third kappa shape index (κ3) is 9.72. The summed E-state index contributed by atoms with van der Waals surface area (Å²) in [5.74, 6) is 15.3. The van der Waals surface area contributed by atoms with Crippen LogP contribution in [0.25, 0.3) is 0 Å². The number of aliphatic hydroxyl groups excluding tert-OH is 3. The second-order valence-corrected chi connectivity index (χ2v) is 16.9. The molecule has 7 rings (SSSR count). The second kappa shape index (κ2) is 18.7. The Hall–Kier alpha value is -3.76. The average molecular weight is 779 g/mol. The van der Waals surface area contributed by atoms with Gasteiger partial charge in [-0.2, -0.15) is 0 Å². The molecule has 6 bridgehead atoms. The molecule has 0 saturated carbocycles. The zero-order valence-corrected chi connectivity index (χ0v) is 32.4. The van der Waals surface area contributed by atoms with Gasteiger partial charge in [-0.1, -0.05) is 71.2 Å². The van der Waals surface area contributed by atoms with Crippen molar-refractivity contribution in [1.29, 1.82) is 0 Å². The number of hydrogen-bond donors (Lipinski definition) is 7. The first-order valence-electron chi connectivity index (χ1n) is 18.6. The average Bonchev–Trinajstić information content (AvgIpc) is 3.13. The van der Waals surface area contributed by atoms with Gasteiger partial charge in [0.05, 0.1) is 23.8 Å². The number of carbonyl (C=O) groups is 1. The normalized spacial score (nSPS) is 26.5. The topological polar surface area (TPSA) is 188 Å². The Bertz CT molecular complexity index is 1830. The van der Waals surface area contributed by atoms with Crippen LogP contribution in [0.4, 0.5) is 0 Å². The number of phenolic OH excluding ortho intramolecular Hbond substituents is 1. The standard InChI is InChI=1S/C40H50N4O8S2/c1-23(2)34-20-54-53-19-32-31-18-30-25-10-13-28(47)17-27(46)12-9-24-11-14-35(48)37(51-22-45)29(24)7-5-6-26(16-25)36(38(30)52-39(31)49)50-21-42-15-4-3-8-33(32)43-40(41)44-34/h11,14,16,23,28,31-34,39,42,45,47-49H,4,6,9-10,12-13,15,17-22H2,1-2H3,(H3,41,43,44). The highest BCUT2D eigenvalue weighted by atomic mass is 33.1. The molecule has 54 heavy (non-hydrogen) atoms. The molecule has 0 radical (unpaired) electrons. The minimum atomic E-state index is -1.19. The van der Waals surface area contributed by atoms with Crippen molar-refractivity contribution in [3.63, 3.8) is 0 Å². The zero-order chi connectivity index (χ0) is 38.2. The monoisotopic (exact) mass is 778 g/mol. The third-order valence-electron chi connectivity index (χ3n) is 10.3. The molecule has 2 aromatic rings. The molecule has 6 atom stereocenters. The van der Waals surface area contributed by atoms with E-state index in [1.54, 1.807) is 27.7 Å². The number of rotatable bonds is 3. The number of aliphatic hydroxyl groups is 3. The van der Waals surface area contributed by atoms with Crippen LogP contribution in [0.15, 0.2) is 23.2 Å². The van der Waals surface area contributed by atoms with Crippen LogP contribution in [0.5, 0.6) is 23.0 Å². The Kier molecular flexibility index (Phi) is 13.8. The summed E-state index contributed by atoms with van der Waals surface area (Å²) in [6, 6.07) is 4.82. The molecule has 0 aromatic heterocycles. The number of fused-ring (bicyclic) bond motifs is 9. The maximum absolute atomic E-state index is 13.1. The maximum atomic E-state index is 13.1. The van der Waals surface area contributed by atoms with Crippen molar-refractivity contribution in [2.45, 2.75) is 89.7 Å². The summed E-state index contributed by atoms with van der Waals surface area (Å²) in [7, 11) is 3.49. The molecule has 0 fully saturated rings. The van der Waals surface area contributed by atoms with Crippen LogP contribution in [0.3, 0.4) is 0 Å². The van der Waals surface area contributed by atoms with Gasteiger partial charge in [0.1, 0.15) is 12.5 Å². The number of carbonyl (C=O) groups excluding carboxylic acids is 1. The van der Waals surface area contributed by atoms with Crippen LogP contribution in [-0.2, 0) is 30.5 Å². The largest absolute Gasteiger partial charge is 0.504 e. The fraction of sp³-hybridized carbons (Fsp3) is 0.550. The fourth-order valence-corrected chi connectivity index (χ4v) is 10.1. The highest BCUT2D eigenvalue weighted by Gasteiger charge is 2.41. The lowest BCUT2D eigenvalue weighted by molar-refractivity contribution is -0.121. The van der Waals surface area contributed by atoms with Gasteiger partial charge in [0, 0.05) is 66.7 Å². The predicted octanol–water partition coefficient (Wildman–Crippen LogP) is 3.03. The van der Waals surface area contributed by atoms with Gasteiger partial charge in [0.25, 0.3) is 0 Å². The van der Waals surface area contributed by atoms with Crippen molar-refractivity contribution in [2.24, 2.45) is 28.5 Å². The van der Waals surface area contributed by atoms with E-state index in [1.807, 2.05) is 6.07 Å². The molecule has 5 aliphatic rings. The summed E-state index contributed by atoms with van der Waals surface area (Å²) in [6.45, 7) is 4.32. The van der Waals surface area contributed by atoms with E-state index in [2.05, 4.69) is 48.2 Å². The van der Waals surface area contributed by atoms with Crippen molar-refractivity contribution in [3.8, 4) is 46.7 Å². The molecule has 12 nitrogen and oxygen atoms in total. The van der Waals surface area contributed by atoms with E-state index in [9.17, 15) is 25.2 Å². The van der Waals surface area contributed by atoms with Crippen LogP contribution in [0.1, 0.15) is 67.3 Å². The van der Waals surface area contributed by atoms with E-state index in [0.717, 1.165) is 22.4 Å². The summed E-state index contributed by atoms with van der Waals surface area (Å²) in [6.07, 6.45) is 0.427. The molecule has 2 aromatic carbocycles. The number of hydrogen-bond acceptors (Lipinski definition) is 14. The van der Waals surface area contributed by atoms with Gasteiger partial charge < -0.3 is 45.7 Å². The zero-order valence-electron chi connectivity index (χ0n) is 30.7. The number of nitrogens with zero attached hydrogens (tertiary/aromatic N) is 1. The van der Waals surface area contributed by atoms with E-state index in [-0.39, 0.29) is 61.2 Å². The maximum Gasteiger partial charge on any atom is 0.201 e. The number of benzene rings is 2. The molecule has 0 spiro atoms. The van der Waals surface area contributed by atoms with Gasteiger partial charge in [-0.15, -0.1) is 0 Å². The number of nitrogens with one attached hydrogen (secondary N) is 2. The highest BCUT2D eigenvalue weighted by molar-refractivity contribution is 8.76. The number of phenols is 1. The first kappa shape index (κ1) is 39.9. The van der Waals surface area contributed by atoms with Crippen LogP contribution in [0, 0.1) is 41.4 Å². The number of aliphatic imine (C=N–C) groups is 1. The van der Waals surface area contributed by atoms with Crippen molar-refractivity contribution in [1.82, 2.24) is 10.6 Å². The molecule has 0 saturated heterocycles. The van der Waals surface area contributed by atoms with Gasteiger partial charge in [-0.3, -0.25) is 10.1 Å². The van der Waals surface area contributed by atoms with E-state index in [4.69, 9.17) is 24.9 Å². The summed E-state index contributed by atoms with van der Waals surface area (Å²) in [5, 5.41) is 49.8. The highest BCUT2D eigenvalue weighted by Crippen LogP contribution is 2.46. The first-order chi connectivity index (χ1) is 26.1. The predicted molar refractivity (Wildman–Crippen MR) is 210 cm³/mol. The first-order valence-corrected chi connectivity index (χ1v) is 21.1. The second-order valence-electron chi connectivity index (χ2n) is 14.4. The smallest absolute Gasteiger partial charge is 0.201 e. The number of nitrogens with two attached hydrogens (primary N) is 1. The van der Waals surface area contributed by atoms with E-state index in [1.165, 1.54) is 6.07 Å². The van der Waals surface area contributed by atoms with Crippen molar-refractivity contribution >= 4 is 33.3 Å². The number of ketones is 1. The minimum absolute atomic E-state index is 0.0114. The molecule has 4 aliphatic heterocycles. The Labute approximate surface area is 324 Å². The molecule has 290 valence electrons. The summed E-state index contributed by atoms with van der Waals surface area (Å²) in [4.78, 5) is 17.9. The summed E-state index contributed by atoms with van der Waals surface area (Å²) < 4.78 is 18.3. The van der Waals surface area contributed by atoms with E-state index < -0.39 is 25.2 Å². The number of aromatic hydroxyl groups is 1. The van der Waals surface area contributed by atoms with Gasteiger partial charge in [0.2, 0.25) is 6.29 Å². The number of Topliss-reactive ketones (excluding diaryl/α,β-unsaturated/α-hetero) is 1. The Balaban J connectivity index is 1.44. The Morgan fingerprint density at radius 2 is 1.89 bits per heavy atom. The van der Waals surface area contributed by atoms with Crippen molar-refractivity contribution in [3.05, 3.63) is 46.0 Å².